The van der Waals surface area contributed by atoms with Gasteiger partial charge in [0.1, 0.15) is 0 Å². The summed E-state index contributed by atoms with van der Waals surface area (Å²) in [6, 6.07) is 1.14. The van der Waals surface area contributed by atoms with Gasteiger partial charge in [0.15, 0.2) is 11.6 Å². The standard InChI is InChI=1S/C5H5N3O4/c6-3-1-2(12-8-3)4(7-11)5(9)10/h1,11H,(H2,6,8)(H,9,10). The van der Waals surface area contributed by atoms with Crippen LogP contribution in [0.25, 0.3) is 0 Å². The van der Waals surface area contributed by atoms with Crippen LogP contribution in [0.5, 0.6) is 0 Å². The Bertz CT molecular complexity index is 329. The molecule has 0 atom stereocenters. The zero-order valence-electron chi connectivity index (χ0n) is 5.76. The summed E-state index contributed by atoms with van der Waals surface area (Å²) >= 11 is 0. The summed E-state index contributed by atoms with van der Waals surface area (Å²) in [6.45, 7) is 0. The minimum Gasteiger partial charge on any atom is -0.476 e. The van der Waals surface area contributed by atoms with Crippen molar-refractivity contribution < 1.29 is 19.6 Å². The third-order valence-corrected chi connectivity index (χ3v) is 1.06. The normalized spacial score (nSPS) is 11.5. The largest absolute Gasteiger partial charge is 0.476 e. The molecule has 0 aliphatic heterocycles. The number of carboxylic acid groups (broad SMARTS) is 1. The Morgan fingerprint density at radius 3 is 2.75 bits per heavy atom. The lowest BCUT2D eigenvalue weighted by Gasteiger charge is -1.89. The number of rotatable bonds is 2. The van der Waals surface area contributed by atoms with E-state index in [1.165, 1.54) is 0 Å². The summed E-state index contributed by atoms with van der Waals surface area (Å²) in [5.41, 5.74) is 4.50. The van der Waals surface area contributed by atoms with Crippen molar-refractivity contribution in [2.45, 2.75) is 0 Å². The number of oxime groups is 1. The summed E-state index contributed by atoms with van der Waals surface area (Å²) in [7, 11) is 0. The highest BCUT2D eigenvalue weighted by molar-refractivity contribution is 6.41. The fraction of sp³-hybridized carbons (Fsp3) is 0. The van der Waals surface area contributed by atoms with Crippen molar-refractivity contribution in [3.8, 4) is 0 Å². The summed E-state index contributed by atoms with van der Waals surface area (Å²) in [4.78, 5) is 10.3. The van der Waals surface area contributed by atoms with Crippen molar-refractivity contribution in [2.75, 3.05) is 5.73 Å². The topological polar surface area (TPSA) is 122 Å². The van der Waals surface area contributed by atoms with Crippen molar-refractivity contribution in [1.29, 1.82) is 0 Å². The molecule has 0 saturated heterocycles. The summed E-state index contributed by atoms with van der Waals surface area (Å²) < 4.78 is 4.43. The second-order valence-corrected chi connectivity index (χ2v) is 1.87. The van der Waals surface area contributed by atoms with Gasteiger partial charge in [0.25, 0.3) is 0 Å². The maximum atomic E-state index is 10.3. The average Bonchev–Trinajstić information content (AvgIpc) is 2.37. The van der Waals surface area contributed by atoms with Gasteiger partial charge < -0.3 is 20.6 Å². The van der Waals surface area contributed by atoms with E-state index < -0.39 is 11.7 Å². The molecule has 1 heterocycles. The lowest BCUT2D eigenvalue weighted by Crippen LogP contribution is -2.13. The zero-order valence-corrected chi connectivity index (χ0v) is 5.76. The third-order valence-electron chi connectivity index (χ3n) is 1.06. The average molecular weight is 171 g/mol. The lowest BCUT2D eigenvalue weighted by molar-refractivity contribution is -0.129. The number of nitrogen functional groups attached to an aromatic ring is 1. The van der Waals surface area contributed by atoms with Gasteiger partial charge in [-0.15, -0.1) is 0 Å². The van der Waals surface area contributed by atoms with Crippen molar-refractivity contribution in [2.24, 2.45) is 5.16 Å². The molecule has 4 N–H and O–H groups in total. The molecule has 0 fully saturated rings. The molecular formula is C5H5N3O4. The smallest absolute Gasteiger partial charge is 0.362 e. The molecule has 1 rings (SSSR count). The van der Waals surface area contributed by atoms with E-state index in [2.05, 4.69) is 14.8 Å². The van der Waals surface area contributed by atoms with E-state index >= 15 is 0 Å². The number of aliphatic carboxylic acids is 1. The molecule has 0 aliphatic rings. The molecule has 0 amide bonds. The van der Waals surface area contributed by atoms with Crippen molar-refractivity contribution in [3.63, 3.8) is 0 Å². The molecule has 0 aromatic carbocycles. The Hall–Kier alpha value is -2.05. The maximum absolute atomic E-state index is 10.3. The van der Waals surface area contributed by atoms with Crippen LogP contribution in [0.3, 0.4) is 0 Å². The molecular weight excluding hydrogens is 166 g/mol. The molecule has 7 nitrogen and oxygen atoms in total. The van der Waals surface area contributed by atoms with Gasteiger partial charge in [-0.05, 0) is 0 Å². The van der Waals surface area contributed by atoms with Gasteiger partial charge in [-0.1, -0.05) is 10.3 Å². The van der Waals surface area contributed by atoms with E-state index in [4.69, 9.17) is 16.0 Å². The number of hydrogen-bond donors (Lipinski definition) is 3. The molecule has 1 aromatic heterocycles. The van der Waals surface area contributed by atoms with Crippen molar-refractivity contribution in [3.05, 3.63) is 11.8 Å². The lowest BCUT2D eigenvalue weighted by atomic mass is 10.3. The Morgan fingerprint density at radius 2 is 2.42 bits per heavy atom. The monoisotopic (exact) mass is 171 g/mol. The Labute approximate surface area is 66.1 Å². The van der Waals surface area contributed by atoms with Gasteiger partial charge >= 0.3 is 5.97 Å². The number of nitrogens with zero attached hydrogens (tertiary/aromatic N) is 2. The van der Waals surface area contributed by atoms with Gasteiger partial charge in [0.05, 0.1) is 0 Å². The van der Waals surface area contributed by atoms with Crippen LogP contribution < -0.4 is 5.73 Å². The van der Waals surface area contributed by atoms with Crippen LogP contribution in [0, 0.1) is 0 Å². The molecule has 0 aliphatic carbocycles. The highest BCUT2D eigenvalue weighted by Gasteiger charge is 2.18. The molecule has 12 heavy (non-hydrogen) atoms. The van der Waals surface area contributed by atoms with Crippen LogP contribution in [0.4, 0.5) is 5.82 Å². The number of hydrogen-bond acceptors (Lipinski definition) is 6. The highest BCUT2D eigenvalue weighted by Crippen LogP contribution is 2.05. The summed E-state index contributed by atoms with van der Waals surface area (Å²) in [6.07, 6.45) is 0. The molecule has 1 aromatic rings. The van der Waals surface area contributed by atoms with Gasteiger partial charge in [-0.3, -0.25) is 0 Å². The molecule has 0 spiro atoms. The van der Waals surface area contributed by atoms with Crippen LogP contribution in [-0.4, -0.2) is 27.2 Å². The first-order valence-corrected chi connectivity index (χ1v) is 2.83. The Kier molecular flexibility index (Phi) is 1.95. The predicted molar refractivity (Wildman–Crippen MR) is 36.9 cm³/mol. The van der Waals surface area contributed by atoms with Crippen LogP contribution in [-0.2, 0) is 4.79 Å². The first-order chi connectivity index (χ1) is 5.65. The number of carbonyl (C=O) groups is 1. The molecule has 0 unspecified atom stereocenters. The predicted octanol–water partition coefficient (Wildman–Crippen LogP) is -0.480. The van der Waals surface area contributed by atoms with Crippen LogP contribution in [0.2, 0.25) is 0 Å². The number of carboxylic acids is 1. The zero-order chi connectivity index (χ0) is 9.14. The molecule has 64 valence electrons. The van der Waals surface area contributed by atoms with E-state index in [0.717, 1.165) is 6.07 Å². The maximum Gasteiger partial charge on any atom is 0.362 e. The van der Waals surface area contributed by atoms with Crippen molar-refractivity contribution >= 4 is 17.5 Å². The van der Waals surface area contributed by atoms with Crippen molar-refractivity contribution in [1.82, 2.24) is 5.16 Å². The van der Waals surface area contributed by atoms with Crippen LogP contribution >= 0.6 is 0 Å². The van der Waals surface area contributed by atoms with Crippen LogP contribution in [0.1, 0.15) is 5.76 Å². The summed E-state index contributed by atoms with van der Waals surface area (Å²) in [5, 5.41) is 22.4. The minimum absolute atomic E-state index is 0.0207. The van der Waals surface area contributed by atoms with E-state index in [1.807, 2.05) is 0 Å². The molecule has 0 radical (unpaired) electrons. The highest BCUT2D eigenvalue weighted by atomic mass is 16.5. The minimum atomic E-state index is -1.42. The van der Waals surface area contributed by atoms with E-state index in [0.29, 0.717) is 0 Å². The van der Waals surface area contributed by atoms with E-state index in [-0.39, 0.29) is 11.6 Å². The van der Waals surface area contributed by atoms with E-state index in [9.17, 15) is 4.79 Å². The van der Waals surface area contributed by atoms with Gasteiger partial charge in [-0.25, -0.2) is 4.79 Å². The van der Waals surface area contributed by atoms with E-state index in [1.54, 1.807) is 0 Å². The fourth-order valence-corrected chi connectivity index (χ4v) is 0.598. The van der Waals surface area contributed by atoms with Gasteiger partial charge in [0, 0.05) is 6.07 Å². The Balaban J connectivity index is 3.04. The molecule has 0 bridgehead atoms. The number of aromatic nitrogens is 1. The second kappa shape index (κ2) is 2.91. The molecule has 0 saturated carbocycles. The van der Waals surface area contributed by atoms with Gasteiger partial charge in [0.2, 0.25) is 5.71 Å². The first-order valence-electron chi connectivity index (χ1n) is 2.83. The quantitative estimate of drug-likeness (QED) is 0.314. The fourth-order valence-electron chi connectivity index (χ4n) is 0.598. The SMILES string of the molecule is Nc1cc(C(=NO)C(=O)O)on1. The van der Waals surface area contributed by atoms with Crippen LogP contribution in [0.15, 0.2) is 15.7 Å². The first kappa shape index (κ1) is 8.05. The Morgan fingerprint density at radius 1 is 1.75 bits per heavy atom. The summed E-state index contributed by atoms with van der Waals surface area (Å²) in [5.74, 6) is -1.59. The van der Waals surface area contributed by atoms with Gasteiger partial charge in [-0.2, -0.15) is 0 Å². The number of nitrogens with two attached hydrogens (primary N) is 1. The number of anilines is 1. The molecule has 7 heteroatoms. The second-order valence-electron chi connectivity index (χ2n) is 1.87. The third kappa shape index (κ3) is 1.34.